The van der Waals surface area contributed by atoms with Crippen LogP contribution >= 0.6 is 0 Å². The third kappa shape index (κ3) is 3.12. The van der Waals surface area contributed by atoms with E-state index in [9.17, 15) is 13.2 Å². The number of sulfonamides is 1. The Morgan fingerprint density at radius 2 is 1.88 bits per heavy atom. The molecule has 1 aromatic carbocycles. The number of nitriles is 1. The predicted molar refractivity (Wildman–Crippen MR) is 95.6 cm³/mol. The van der Waals surface area contributed by atoms with E-state index < -0.39 is 10.0 Å². The van der Waals surface area contributed by atoms with E-state index in [0.29, 0.717) is 31.1 Å². The van der Waals surface area contributed by atoms with Crippen LogP contribution in [0.25, 0.3) is 0 Å². The molecular weight excluding hydrogens is 350 g/mol. The fraction of sp³-hybridized carbons (Fsp3) is 0.579. The van der Waals surface area contributed by atoms with Gasteiger partial charge in [0.25, 0.3) is 0 Å². The van der Waals surface area contributed by atoms with Crippen LogP contribution in [0.5, 0.6) is 0 Å². The van der Waals surface area contributed by atoms with Crippen molar-refractivity contribution in [3.05, 3.63) is 29.8 Å². The average Bonchev–Trinajstić information content (AvgIpc) is 3.49. The number of carbonyl (C=O) groups is 1. The second kappa shape index (κ2) is 6.36. The quantitative estimate of drug-likeness (QED) is 0.813. The van der Waals surface area contributed by atoms with Crippen LogP contribution in [0.4, 0.5) is 0 Å². The molecule has 2 aliphatic heterocycles. The van der Waals surface area contributed by atoms with Crippen molar-refractivity contribution in [1.29, 1.82) is 5.26 Å². The second-order valence-electron chi connectivity index (χ2n) is 7.80. The van der Waals surface area contributed by atoms with Crippen LogP contribution in [0, 0.1) is 16.7 Å². The Morgan fingerprint density at radius 1 is 1.15 bits per heavy atom. The minimum Gasteiger partial charge on any atom is -0.339 e. The average molecular weight is 373 g/mol. The van der Waals surface area contributed by atoms with Gasteiger partial charge < -0.3 is 4.90 Å². The van der Waals surface area contributed by atoms with Gasteiger partial charge in [0.05, 0.1) is 16.5 Å². The summed E-state index contributed by atoms with van der Waals surface area (Å²) in [5.41, 5.74) is 0.419. The highest BCUT2D eigenvalue weighted by Gasteiger charge is 2.46. The SMILES string of the molecule is N#Cc1cccc(S(=O)(=O)N2CCC3(CCC(=O)N(C4CC4)C3)CC2)c1. The highest BCUT2D eigenvalue weighted by molar-refractivity contribution is 7.89. The molecule has 1 amide bonds. The number of hydrogen-bond donors (Lipinski definition) is 0. The maximum atomic E-state index is 12.9. The number of hydrogen-bond acceptors (Lipinski definition) is 4. The molecule has 1 spiro atoms. The van der Waals surface area contributed by atoms with Crippen molar-refractivity contribution in [1.82, 2.24) is 9.21 Å². The van der Waals surface area contributed by atoms with Gasteiger partial charge in [-0.05, 0) is 55.7 Å². The number of piperidine rings is 2. The first-order valence-electron chi connectivity index (χ1n) is 9.23. The third-order valence-corrected chi connectivity index (χ3v) is 7.96. The Kier molecular flexibility index (Phi) is 4.28. The lowest BCUT2D eigenvalue weighted by Gasteiger charge is -2.47. The van der Waals surface area contributed by atoms with E-state index in [4.69, 9.17) is 5.26 Å². The molecule has 0 unspecified atom stereocenters. The van der Waals surface area contributed by atoms with Gasteiger partial charge in [-0.1, -0.05) is 6.07 Å². The maximum Gasteiger partial charge on any atom is 0.243 e. The summed E-state index contributed by atoms with van der Waals surface area (Å²) in [4.78, 5) is 14.4. The molecule has 2 heterocycles. The van der Waals surface area contributed by atoms with Crippen molar-refractivity contribution in [3.8, 4) is 6.07 Å². The monoisotopic (exact) mass is 373 g/mol. The summed E-state index contributed by atoms with van der Waals surface area (Å²) in [6.45, 7) is 1.74. The number of carbonyl (C=O) groups excluding carboxylic acids is 1. The van der Waals surface area contributed by atoms with Crippen LogP contribution in [-0.2, 0) is 14.8 Å². The largest absolute Gasteiger partial charge is 0.339 e. The molecule has 0 aromatic heterocycles. The normalized spacial score (nSPS) is 23.8. The molecule has 138 valence electrons. The summed E-state index contributed by atoms with van der Waals surface area (Å²) in [6, 6.07) is 8.62. The molecule has 1 saturated carbocycles. The Morgan fingerprint density at radius 3 is 2.54 bits per heavy atom. The van der Waals surface area contributed by atoms with Crippen molar-refractivity contribution in [2.75, 3.05) is 19.6 Å². The van der Waals surface area contributed by atoms with Crippen LogP contribution < -0.4 is 0 Å². The lowest BCUT2D eigenvalue weighted by Crippen LogP contribution is -2.52. The Balaban J connectivity index is 1.47. The number of likely N-dealkylation sites (tertiary alicyclic amines) is 1. The van der Waals surface area contributed by atoms with Crippen LogP contribution in [0.15, 0.2) is 29.2 Å². The minimum absolute atomic E-state index is 0.0665. The predicted octanol–water partition coefficient (Wildman–Crippen LogP) is 2.11. The smallest absolute Gasteiger partial charge is 0.243 e. The number of amides is 1. The van der Waals surface area contributed by atoms with E-state index in [1.54, 1.807) is 18.2 Å². The molecule has 3 aliphatic rings. The zero-order valence-corrected chi connectivity index (χ0v) is 15.5. The number of benzene rings is 1. The molecule has 2 saturated heterocycles. The summed E-state index contributed by atoms with van der Waals surface area (Å²) in [5, 5.41) is 9.01. The van der Waals surface area contributed by atoms with E-state index in [-0.39, 0.29) is 16.2 Å². The molecule has 0 bridgehead atoms. The first-order chi connectivity index (χ1) is 12.4. The molecule has 0 radical (unpaired) electrons. The highest BCUT2D eigenvalue weighted by Crippen LogP contribution is 2.44. The molecular formula is C19H23N3O3S. The van der Waals surface area contributed by atoms with Gasteiger partial charge in [0.1, 0.15) is 0 Å². The van der Waals surface area contributed by atoms with E-state index in [0.717, 1.165) is 38.6 Å². The standard InChI is InChI=1S/C19H23N3O3S/c20-13-15-2-1-3-17(12-15)26(24,25)21-10-8-19(9-11-21)7-6-18(23)22(14-19)16-4-5-16/h1-3,12,16H,4-11,14H2. The van der Waals surface area contributed by atoms with Gasteiger partial charge in [0, 0.05) is 32.1 Å². The van der Waals surface area contributed by atoms with Crippen LogP contribution in [0.3, 0.4) is 0 Å². The third-order valence-electron chi connectivity index (χ3n) is 6.07. The summed E-state index contributed by atoms with van der Waals surface area (Å²) in [6.07, 6.45) is 5.26. The first-order valence-corrected chi connectivity index (χ1v) is 10.7. The van der Waals surface area contributed by atoms with Crippen molar-refractivity contribution < 1.29 is 13.2 Å². The molecule has 6 nitrogen and oxygen atoms in total. The van der Waals surface area contributed by atoms with Gasteiger partial charge in [0.2, 0.25) is 15.9 Å². The zero-order valence-electron chi connectivity index (χ0n) is 14.7. The molecule has 1 aromatic rings. The molecule has 3 fully saturated rings. The molecule has 0 atom stereocenters. The van der Waals surface area contributed by atoms with Crippen molar-refractivity contribution in [2.24, 2.45) is 5.41 Å². The minimum atomic E-state index is -3.58. The van der Waals surface area contributed by atoms with Gasteiger partial charge in [-0.25, -0.2) is 8.42 Å². The van der Waals surface area contributed by atoms with E-state index in [1.165, 1.54) is 10.4 Å². The molecule has 1 aliphatic carbocycles. The van der Waals surface area contributed by atoms with E-state index >= 15 is 0 Å². The second-order valence-corrected chi connectivity index (χ2v) is 9.73. The van der Waals surface area contributed by atoms with Crippen LogP contribution in [-0.4, -0.2) is 49.2 Å². The first kappa shape index (κ1) is 17.5. The van der Waals surface area contributed by atoms with Gasteiger partial charge in [-0.15, -0.1) is 0 Å². The van der Waals surface area contributed by atoms with E-state index in [1.807, 2.05) is 11.0 Å². The van der Waals surface area contributed by atoms with Crippen molar-refractivity contribution >= 4 is 15.9 Å². The highest BCUT2D eigenvalue weighted by atomic mass is 32.2. The summed E-state index contributed by atoms with van der Waals surface area (Å²) in [5.74, 6) is 0.265. The maximum absolute atomic E-state index is 12.9. The summed E-state index contributed by atoms with van der Waals surface area (Å²) in [7, 11) is -3.58. The molecule has 7 heteroatoms. The number of rotatable bonds is 3. The van der Waals surface area contributed by atoms with Gasteiger partial charge in [-0.2, -0.15) is 9.57 Å². The summed E-state index contributed by atoms with van der Waals surface area (Å²) < 4.78 is 27.4. The lowest BCUT2D eigenvalue weighted by atomic mass is 9.72. The van der Waals surface area contributed by atoms with E-state index in [2.05, 4.69) is 0 Å². The Labute approximate surface area is 154 Å². The van der Waals surface area contributed by atoms with Gasteiger partial charge >= 0.3 is 0 Å². The zero-order chi connectivity index (χ0) is 18.4. The Bertz CT molecular complexity index is 862. The molecule has 26 heavy (non-hydrogen) atoms. The molecule has 4 rings (SSSR count). The van der Waals surface area contributed by atoms with Crippen LogP contribution in [0.1, 0.15) is 44.1 Å². The van der Waals surface area contributed by atoms with Crippen LogP contribution in [0.2, 0.25) is 0 Å². The lowest BCUT2D eigenvalue weighted by molar-refractivity contribution is -0.139. The molecule has 0 N–H and O–H groups in total. The Hall–Kier alpha value is -1.91. The number of nitrogens with zero attached hydrogens (tertiary/aromatic N) is 3. The van der Waals surface area contributed by atoms with Gasteiger partial charge in [0.15, 0.2) is 0 Å². The van der Waals surface area contributed by atoms with Crippen molar-refractivity contribution in [2.45, 2.75) is 49.5 Å². The fourth-order valence-electron chi connectivity index (χ4n) is 4.25. The topological polar surface area (TPSA) is 81.5 Å². The summed E-state index contributed by atoms with van der Waals surface area (Å²) >= 11 is 0. The van der Waals surface area contributed by atoms with Gasteiger partial charge in [-0.3, -0.25) is 4.79 Å². The van der Waals surface area contributed by atoms with Crippen molar-refractivity contribution in [3.63, 3.8) is 0 Å². The fourth-order valence-corrected chi connectivity index (χ4v) is 5.74.